The molecule has 0 spiro atoms. The van der Waals surface area contributed by atoms with Gasteiger partial charge in [0.15, 0.2) is 0 Å². The van der Waals surface area contributed by atoms with Crippen LogP contribution in [0.2, 0.25) is 0 Å². The largest absolute Gasteiger partial charge is 0.316 e. The van der Waals surface area contributed by atoms with E-state index in [1.54, 1.807) is 0 Å². The molecule has 0 radical (unpaired) electrons. The minimum Gasteiger partial charge on any atom is -0.316 e. The second-order valence-electron chi connectivity index (χ2n) is 3.76. The van der Waals surface area contributed by atoms with Crippen LogP contribution in [0.1, 0.15) is 31.7 Å². The van der Waals surface area contributed by atoms with Crippen molar-refractivity contribution in [3.8, 4) is 0 Å². The zero-order valence-electron chi connectivity index (χ0n) is 9.35. The summed E-state index contributed by atoms with van der Waals surface area (Å²) in [6, 6.07) is 3.98. The molecule has 0 aliphatic carbocycles. The highest BCUT2D eigenvalue weighted by atomic mass is 19.1. The smallest absolute Gasteiger partial charge is 0.129 e. The van der Waals surface area contributed by atoms with Gasteiger partial charge in [-0.05, 0) is 31.0 Å². The van der Waals surface area contributed by atoms with Crippen molar-refractivity contribution >= 4 is 0 Å². The van der Waals surface area contributed by atoms with Crippen molar-refractivity contribution in [2.45, 2.75) is 32.2 Å². The first kappa shape index (κ1) is 12.1. The van der Waals surface area contributed by atoms with Gasteiger partial charge < -0.3 is 5.32 Å². The first-order valence-corrected chi connectivity index (χ1v) is 5.22. The van der Waals surface area contributed by atoms with E-state index in [0.717, 1.165) is 12.5 Å². The van der Waals surface area contributed by atoms with Gasteiger partial charge in [0.1, 0.15) is 11.6 Å². The Morgan fingerprint density at radius 2 is 2.00 bits per heavy atom. The molecule has 0 aliphatic heterocycles. The topological polar surface area (TPSA) is 12.0 Å². The maximum atomic E-state index is 13.5. The molecule has 1 nitrogen and oxygen atoms in total. The normalized spacial score (nSPS) is 15.0. The molecule has 0 saturated heterocycles. The van der Waals surface area contributed by atoms with Crippen molar-refractivity contribution in [1.82, 2.24) is 5.32 Å². The fourth-order valence-electron chi connectivity index (χ4n) is 1.90. The number of likely N-dealkylation sites (N-methyl/N-ethyl adjacent to an activating group) is 1. The monoisotopic (exact) mass is 213 g/mol. The van der Waals surface area contributed by atoms with Crippen LogP contribution in [0.5, 0.6) is 0 Å². The lowest BCUT2D eigenvalue weighted by Gasteiger charge is -2.22. The lowest BCUT2D eigenvalue weighted by Crippen LogP contribution is -2.30. The number of halogens is 2. The standard InChI is InChI=1S/C12H17F2N/c1-4-12(15-3)8(2)10-6-5-9(13)7-11(10)14/h5-8,12,15H,4H2,1-3H3. The Bertz CT molecular complexity index is 321. The Balaban J connectivity index is 2.94. The molecule has 1 N–H and O–H groups in total. The highest BCUT2D eigenvalue weighted by Gasteiger charge is 2.18. The Morgan fingerprint density at radius 3 is 2.47 bits per heavy atom. The summed E-state index contributed by atoms with van der Waals surface area (Å²) in [7, 11) is 1.85. The molecule has 15 heavy (non-hydrogen) atoms. The minimum atomic E-state index is -0.527. The van der Waals surface area contributed by atoms with E-state index in [1.165, 1.54) is 12.1 Å². The Hall–Kier alpha value is -0.960. The Morgan fingerprint density at radius 1 is 1.33 bits per heavy atom. The summed E-state index contributed by atoms with van der Waals surface area (Å²) in [5, 5.41) is 3.13. The van der Waals surface area contributed by atoms with Crippen molar-refractivity contribution in [1.29, 1.82) is 0 Å². The first-order valence-electron chi connectivity index (χ1n) is 5.22. The third-order valence-electron chi connectivity index (χ3n) is 2.87. The SMILES string of the molecule is CCC(NC)C(C)c1ccc(F)cc1F. The van der Waals surface area contributed by atoms with E-state index in [4.69, 9.17) is 0 Å². The first-order chi connectivity index (χ1) is 7.10. The molecular weight excluding hydrogens is 196 g/mol. The Labute approximate surface area is 89.5 Å². The van der Waals surface area contributed by atoms with Crippen LogP contribution in [0, 0.1) is 11.6 Å². The predicted molar refractivity (Wildman–Crippen MR) is 57.9 cm³/mol. The molecule has 2 unspecified atom stereocenters. The highest BCUT2D eigenvalue weighted by Crippen LogP contribution is 2.24. The zero-order chi connectivity index (χ0) is 11.4. The highest BCUT2D eigenvalue weighted by molar-refractivity contribution is 5.23. The number of rotatable bonds is 4. The van der Waals surface area contributed by atoms with Crippen LogP contribution in [0.3, 0.4) is 0 Å². The van der Waals surface area contributed by atoms with Crippen LogP contribution in [0.4, 0.5) is 8.78 Å². The van der Waals surface area contributed by atoms with Crippen LogP contribution in [0.15, 0.2) is 18.2 Å². The van der Waals surface area contributed by atoms with Crippen LogP contribution < -0.4 is 5.32 Å². The van der Waals surface area contributed by atoms with E-state index in [0.29, 0.717) is 5.56 Å². The van der Waals surface area contributed by atoms with Gasteiger partial charge >= 0.3 is 0 Å². The molecule has 84 valence electrons. The lowest BCUT2D eigenvalue weighted by atomic mass is 9.91. The average molecular weight is 213 g/mol. The van der Waals surface area contributed by atoms with E-state index >= 15 is 0 Å². The van der Waals surface area contributed by atoms with Gasteiger partial charge in [0.05, 0.1) is 0 Å². The second kappa shape index (κ2) is 5.21. The molecule has 0 amide bonds. The molecule has 0 saturated carbocycles. The summed E-state index contributed by atoms with van der Waals surface area (Å²) < 4.78 is 26.2. The van der Waals surface area contributed by atoms with Gasteiger partial charge in [-0.15, -0.1) is 0 Å². The van der Waals surface area contributed by atoms with Crippen molar-refractivity contribution in [2.75, 3.05) is 7.05 Å². The van der Waals surface area contributed by atoms with E-state index in [2.05, 4.69) is 5.32 Å². The van der Waals surface area contributed by atoms with Crippen LogP contribution >= 0.6 is 0 Å². The molecule has 2 atom stereocenters. The summed E-state index contributed by atoms with van der Waals surface area (Å²) >= 11 is 0. The van der Waals surface area contributed by atoms with E-state index in [9.17, 15) is 8.78 Å². The maximum absolute atomic E-state index is 13.5. The molecule has 0 aliphatic rings. The summed E-state index contributed by atoms with van der Waals surface area (Å²) in [4.78, 5) is 0. The number of nitrogens with one attached hydrogen (secondary N) is 1. The second-order valence-corrected chi connectivity index (χ2v) is 3.76. The maximum Gasteiger partial charge on any atom is 0.129 e. The molecule has 1 rings (SSSR count). The fourth-order valence-corrected chi connectivity index (χ4v) is 1.90. The fraction of sp³-hybridized carbons (Fsp3) is 0.500. The molecule has 0 bridgehead atoms. The van der Waals surface area contributed by atoms with Crippen LogP contribution in [-0.4, -0.2) is 13.1 Å². The van der Waals surface area contributed by atoms with E-state index in [-0.39, 0.29) is 12.0 Å². The van der Waals surface area contributed by atoms with Gasteiger partial charge in [-0.25, -0.2) is 8.78 Å². The van der Waals surface area contributed by atoms with Crippen molar-refractivity contribution < 1.29 is 8.78 Å². The average Bonchev–Trinajstić information content (AvgIpc) is 2.19. The van der Waals surface area contributed by atoms with Gasteiger partial charge in [-0.1, -0.05) is 19.9 Å². The molecule has 1 aromatic rings. The Kier molecular flexibility index (Phi) is 4.21. The quantitative estimate of drug-likeness (QED) is 0.810. The summed E-state index contributed by atoms with van der Waals surface area (Å²) in [6.45, 7) is 3.99. The summed E-state index contributed by atoms with van der Waals surface area (Å²) in [5.74, 6) is -0.947. The zero-order valence-corrected chi connectivity index (χ0v) is 9.35. The molecule has 3 heteroatoms. The molecule has 0 heterocycles. The van der Waals surface area contributed by atoms with Crippen LogP contribution in [-0.2, 0) is 0 Å². The van der Waals surface area contributed by atoms with Gasteiger partial charge in [0, 0.05) is 12.1 Å². The van der Waals surface area contributed by atoms with E-state index in [1.807, 2.05) is 20.9 Å². The molecule has 0 fully saturated rings. The van der Waals surface area contributed by atoms with Gasteiger partial charge in [0.2, 0.25) is 0 Å². The number of benzene rings is 1. The van der Waals surface area contributed by atoms with Crippen molar-refractivity contribution in [3.05, 3.63) is 35.4 Å². The van der Waals surface area contributed by atoms with Gasteiger partial charge in [-0.2, -0.15) is 0 Å². The van der Waals surface area contributed by atoms with E-state index < -0.39 is 11.6 Å². The lowest BCUT2D eigenvalue weighted by molar-refractivity contribution is 0.454. The molecular formula is C12H17F2N. The summed E-state index contributed by atoms with van der Waals surface area (Å²) in [6.07, 6.45) is 0.911. The third-order valence-corrected chi connectivity index (χ3v) is 2.87. The van der Waals surface area contributed by atoms with Gasteiger partial charge in [0.25, 0.3) is 0 Å². The van der Waals surface area contributed by atoms with Crippen molar-refractivity contribution in [3.63, 3.8) is 0 Å². The molecule has 1 aromatic carbocycles. The summed E-state index contributed by atoms with van der Waals surface area (Å²) in [5.41, 5.74) is 0.567. The number of hydrogen-bond donors (Lipinski definition) is 1. The molecule has 0 aromatic heterocycles. The predicted octanol–water partition coefficient (Wildman–Crippen LogP) is 3.07. The van der Waals surface area contributed by atoms with Crippen molar-refractivity contribution in [2.24, 2.45) is 0 Å². The minimum absolute atomic E-state index is 0.0422. The number of hydrogen-bond acceptors (Lipinski definition) is 1. The third kappa shape index (κ3) is 2.75. The van der Waals surface area contributed by atoms with Crippen LogP contribution in [0.25, 0.3) is 0 Å². The van der Waals surface area contributed by atoms with Gasteiger partial charge in [-0.3, -0.25) is 0 Å².